The fourth-order valence-electron chi connectivity index (χ4n) is 2.40. The average molecular weight is 275 g/mol. The van der Waals surface area contributed by atoms with Crippen molar-refractivity contribution in [3.8, 4) is 11.1 Å². The van der Waals surface area contributed by atoms with Crippen molar-refractivity contribution in [3.63, 3.8) is 0 Å². The summed E-state index contributed by atoms with van der Waals surface area (Å²) >= 11 is 1.28. The molecule has 3 N–H and O–H groups in total. The Balaban J connectivity index is 2.83. The highest BCUT2D eigenvalue weighted by molar-refractivity contribution is 7.14. The molecule has 1 aromatic carbocycles. The van der Waals surface area contributed by atoms with Crippen LogP contribution in [0.15, 0.2) is 11.4 Å². The smallest absolute Gasteiger partial charge is 0.339 e. The first kappa shape index (κ1) is 13.6. The molecule has 0 aliphatic carbocycles. The van der Waals surface area contributed by atoms with E-state index in [1.807, 2.05) is 33.1 Å². The number of carboxylic acid groups (broad SMARTS) is 1. The third-order valence-corrected chi connectivity index (χ3v) is 4.48. The van der Waals surface area contributed by atoms with Crippen LogP contribution in [0.2, 0.25) is 0 Å². The number of hydrogen-bond acceptors (Lipinski definition) is 3. The average Bonchev–Trinajstić information content (AvgIpc) is 2.69. The zero-order valence-electron chi connectivity index (χ0n) is 11.5. The summed E-state index contributed by atoms with van der Waals surface area (Å²) in [7, 11) is 0. The van der Waals surface area contributed by atoms with Gasteiger partial charge in [-0.05, 0) is 55.5 Å². The number of benzene rings is 1. The maximum Gasteiger partial charge on any atom is 0.339 e. The van der Waals surface area contributed by atoms with Crippen molar-refractivity contribution in [2.75, 3.05) is 5.73 Å². The first-order valence-electron chi connectivity index (χ1n) is 6.02. The fraction of sp³-hybridized carbons (Fsp3) is 0.267. The highest BCUT2D eigenvalue weighted by atomic mass is 32.1. The Morgan fingerprint density at radius 2 is 1.68 bits per heavy atom. The number of hydrogen-bond donors (Lipinski definition) is 2. The van der Waals surface area contributed by atoms with Crippen LogP contribution in [0, 0.1) is 27.7 Å². The van der Waals surface area contributed by atoms with E-state index in [1.54, 1.807) is 0 Å². The van der Waals surface area contributed by atoms with Crippen LogP contribution in [0.4, 0.5) is 5.00 Å². The zero-order chi connectivity index (χ0) is 14.3. The molecule has 1 heterocycles. The topological polar surface area (TPSA) is 63.3 Å². The lowest BCUT2D eigenvalue weighted by atomic mass is 9.89. The van der Waals surface area contributed by atoms with E-state index < -0.39 is 5.97 Å². The van der Waals surface area contributed by atoms with Gasteiger partial charge in [0, 0.05) is 10.9 Å². The fourth-order valence-corrected chi connectivity index (χ4v) is 3.19. The van der Waals surface area contributed by atoms with Crippen molar-refractivity contribution < 1.29 is 9.90 Å². The predicted octanol–water partition coefficient (Wildman–Crippen LogP) is 3.93. The Morgan fingerprint density at radius 3 is 2.16 bits per heavy atom. The van der Waals surface area contributed by atoms with Crippen molar-refractivity contribution in [2.45, 2.75) is 27.7 Å². The molecule has 0 radical (unpaired) electrons. The van der Waals surface area contributed by atoms with Crippen LogP contribution in [0.25, 0.3) is 11.1 Å². The largest absolute Gasteiger partial charge is 0.478 e. The number of nitrogens with two attached hydrogens (primary N) is 1. The summed E-state index contributed by atoms with van der Waals surface area (Å²) in [6.45, 7) is 8.13. The first-order valence-corrected chi connectivity index (χ1v) is 6.90. The predicted molar refractivity (Wildman–Crippen MR) is 80.1 cm³/mol. The molecule has 0 amide bonds. The molecule has 0 aliphatic heterocycles. The van der Waals surface area contributed by atoms with Crippen LogP contribution in [0.1, 0.15) is 32.6 Å². The molecular formula is C15H17NO2S. The molecule has 0 bridgehead atoms. The summed E-state index contributed by atoms with van der Waals surface area (Å²) in [6.07, 6.45) is 0. The normalized spacial score (nSPS) is 10.7. The molecule has 0 unspecified atom stereocenters. The molecule has 0 atom stereocenters. The molecule has 4 heteroatoms. The molecular weight excluding hydrogens is 258 g/mol. The summed E-state index contributed by atoms with van der Waals surface area (Å²) in [5.74, 6) is -0.966. The number of aryl methyl sites for hydroxylation is 2. The lowest BCUT2D eigenvalue weighted by molar-refractivity contribution is 0.0699. The van der Waals surface area contributed by atoms with Gasteiger partial charge in [0.25, 0.3) is 0 Å². The second kappa shape index (κ2) is 4.70. The minimum atomic E-state index is -0.966. The van der Waals surface area contributed by atoms with Crippen molar-refractivity contribution in [3.05, 3.63) is 39.3 Å². The molecule has 2 rings (SSSR count). The van der Waals surface area contributed by atoms with E-state index in [0.29, 0.717) is 5.00 Å². The summed E-state index contributed by atoms with van der Waals surface area (Å²) in [6, 6.07) is 2.13. The highest BCUT2D eigenvalue weighted by Gasteiger charge is 2.21. The van der Waals surface area contributed by atoms with Gasteiger partial charge in [-0.2, -0.15) is 0 Å². The SMILES string of the molecule is Cc1cc(C)c(C)c(-c2csc(N)c2C(=O)O)c1C. The van der Waals surface area contributed by atoms with E-state index in [1.165, 1.54) is 22.5 Å². The maximum absolute atomic E-state index is 11.4. The summed E-state index contributed by atoms with van der Waals surface area (Å²) in [4.78, 5) is 11.4. The third-order valence-electron chi connectivity index (χ3n) is 3.67. The number of anilines is 1. The molecule has 0 saturated carbocycles. The van der Waals surface area contributed by atoms with Gasteiger partial charge in [-0.3, -0.25) is 0 Å². The third kappa shape index (κ3) is 2.12. The Morgan fingerprint density at radius 1 is 1.16 bits per heavy atom. The number of aromatic carboxylic acids is 1. The van der Waals surface area contributed by atoms with Crippen LogP contribution in [-0.2, 0) is 0 Å². The first-order chi connectivity index (χ1) is 8.84. The standard InChI is InChI=1S/C15H17NO2S/c1-7-5-8(2)10(4)12(9(7)3)11-6-19-14(16)13(11)15(17)18/h5-6H,16H2,1-4H3,(H,17,18). The minimum Gasteiger partial charge on any atom is -0.478 e. The van der Waals surface area contributed by atoms with Crippen LogP contribution in [-0.4, -0.2) is 11.1 Å². The molecule has 1 aromatic heterocycles. The number of rotatable bonds is 2. The summed E-state index contributed by atoms with van der Waals surface area (Å²) < 4.78 is 0. The Labute approximate surface area is 116 Å². The van der Waals surface area contributed by atoms with Crippen LogP contribution in [0.3, 0.4) is 0 Å². The van der Waals surface area contributed by atoms with E-state index in [2.05, 4.69) is 6.07 Å². The number of thiophene rings is 1. The molecule has 2 aromatic rings. The van der Waals surface area contributed by atoms with E-state index >= 15 is 0 Å². The number of carboxylic acids is 1. The number of carbonyl (C=O) groups is 1. The van der Waals surface area contributed by atoms with Gasteiger partial charge in [0.1, 0.15) is 10.6 Å². The van der Waals surface area contributed by atoms with Crippen LogP contribution >= 0.6 is 11.3 Å². The van der Waals surface area contributed by atoms with Crippen LogP contribution < -0.4 is 5.73 Å². The lowest BCUT2D eigenvalue weighted by Gasteiger charge is -2.15. The molecule has 3 nitrogen and oxygen atoms in total. The van der Waals surface area contributed by atoms with Gasteiger partial charge >= 0.3 is 5.97 Å². The van der Waals surface area contributed by atoms with E-state index in [9.17, 15) is 9.90 Å². The monoisotopic (exact) mass is 275 g/mol. The van der Waals surface area contributed by atoms with Crippen molar-refractivity contribution in [1.29, 1.82) is 0 Å². The lowest BCUT2D eigenvalue weighted by Crippen LogP contribution is -2.03. The Hall–Kier alpha value is -1.81. The quantitative estimate of drug-likeness (QED) is 0.872. The second-order valence-electron chi connectivity index (χ2n) is 4.83. The molecule has 0 fully saturated rings. The molecule has 19 heavy (non-hydrogen) atoms. The highest BCUT2D eigenvalue weighted by Crippen LogP contribution is 2.38. The maximum atomic E-state index is 11.4. The van der Waals surface area contributed by atoms with Crippen molar-refractivity contribution in [1.82, 2.24) is 0 Å². The van der Waals surface area contributed by atoms with Gasteiger partial charge in [-0.25, -0.2) is 4.79 Å². The molecule has 0 aliphatic rings. The number of nitrogen functional groups attached to an aromatic ring is 1. The van der Waals surface area contributed by atoms with Gasteiger partial charge in [0.15, 0.2) is 0 Å². The van der Waals surface area contributed by atoms with Crippen molar-refractivity contribution in [2.24, 2.45) is 0 Å². The Kier molecular flexibility index (Phi) is 3.37. The van der Waals surface area contributed by atoms with Gasteiger partial charge in [0.05, 0.1) is 0 Å². The van der Waals surface area contributed by atoms with Gasteiger partial charge < -0.3 is 10.8 Å². The van der Waals surface area contributed by atoms with Crippen molar-refractivity contribution >= 4 is 22.3 Å². The summed E-state index contributed by atoms with van der Waals surface area (Å²) in [5, 5.41) is 11.5. The second-order valence-corrected chi connectivity index (χ2v) is 5.74. The van der Waals surface area contributed by atoms with Crippen LogP contribution in [0.5, 0.6) is 0 Å². The Bertz CT molecular complexity index is 645. The van der Waals surface area contributed by atoms with Gasteiger partial charge in [-0.15, -0.1) is 11.3 Å². The minimum absolute atomic E-state index is 0.223. The molecule has 0 spiro atoms. The van der Waals surface area contributed by atoms with Gasteiger partial charge in [0.2, 0.25) is 0 Å². The molecule has 0 saturated heterocycles. The van der Waals surface area contributed by atoms with E-state index in [0.717, 1.165) is 22.3 Å². The molecule has 100 valence electrons. The van der Waals surface area contributed by atoms with E-state index in [4.69, 9.17) is 5.73 Å². The summed E-state index contributed by atoms with van der Waals surface area (Å²) in [5.41, 5.74) is 12.3. The van der Waals surface area contributed by atoms with Gasteiger partial charge in [-0.1, -0.05) is 6.07 Å². The zero-order valence-corrected chi connectivity index (χ0v) is 12.3. The van der Waals surface area contributed by atoms with E-state index in [-0.39, 0.29) is 5.56 Å².